The molecule has 2 rings (SSSR count). The zero-order valence-corrected chi connectivity index (χ0v) is 11.2. The lowest BCUT2D eigenvalue weighted by molar-refractivity contribution is -0.114. The number of anilines is 2. The van der Waals surface area contributed by atoms with E-state index in [-0.39, 0.29) is 22.2 Å². The van der Waals surface area contributed by atoms with Crippen molar-refractivity contribution < 1.29 is 17.6 Å². The van der Waals surface area contributed by atoms with Crippen molar-refractivity contribution in [2.45, 2.75) is 11.8 Å². The Kier molecular flexibility index (Phi) is 3.70. The Bertz CT molecular complexity index is 728. The molecule has 0 aliphatic heterocycles. The summed E-state index contributed by atoms with van der Waals surface area (Å²) in [5.74, 6) is -1.11. The lowest BCUT2D eigenvalue weighted by atomic mass is 10.2. The molecule has 0 unspecified atom stereocenters. The number of sulfonamides is 1. The summed E-state index contributed by atoms with van der Waals surface area (Å²) < 4.78 is 39.6. The SMILES string of the molecule is CC(=O)Nc1ccc(F)c(NS(=O)(=O)c2cn[nH]c2)c1. The number of rotatable bonds is 4. The van der Waals surface area contributed by atoms with Gasteiger partial charge in [0.05, 0.1) is 11.9 Å². The average Bonchev–Trinajstić information content (AvgIpc) is 2.87. The van der Waals surface area contributed by atoms with Crippen LogP contribution in [0.5, 0.6) is 0 Å². The highest BCUT2D eigenvalue weighted by Gasteiger charge is 2.17. The second kappa shape index (κ2) is 5.29. The number of aromatic nitrogens is 2. The number of aromatic amines is 1. The summed E-state index contributed by atoms with van der Waals surface area (Å²) in [7, 11) is -3.93. The van der Waals surface area contributed by atoms with Crippen LogP contribution in [-0.2, 0) is 14.8 Å². The Balaban J connectivity index is 2.31. The number of amides is 1. The third-order valence-electron chi connectivity index (χ3n) is 2.31. The molecule has 0 atom stereocenters. The van der Waals surface area contributed by atoms with E-state index < -0.39 is 15.8 Å². The number of nitrogens with one attached hydrogen (secondary N) is 3. The van der Waals surface area contributed by atoms with Gasteiger partial charge in [0.1, 0.15) is 10.7 Å². The quantitative estimate of drug-likeness (QED) is 0.791. The summed E-state index contributed by atoms with van der Waals surface area (Å²) >= 11 is 0. The predicted octanol–water partition coefficient (Wildman–Crippen LogP) is 1.31. The van der Waals surface area contributed by atoms with E-state index >= 15 is 0 Å². The Morgan fingerprint density at radius 3 is 2.75 bits per heavy atom. The number of benzene rings is 1. The first kappa shape index (κ1) is 14.0. The second-order valence-electron chi connectivity index (χ2n) is 3.92. The first-order chi connectivity index (χ1) is 9.38. The monoisotopic (exact) mass is 298 g/mol. The second-order valence-corrected chi connectivity index (χ2v) is 5.60. The van der Waals surface area contributed by atoms with Crippen LogP contribution in [0.1, 0.15) is 6.92 Å². The fourth-order valence-corrected chi connectivity index (χ4v) is 2.44. The van der Waals surface area contributed by atoms with E-state index in [0.29, 0.717) is 0 Å². The van der Waals surface area contributed by atoms with E-state index in [1.807, 2.05) is 0 Å². The first-order valence-electron chi connectivity index (χ1n) is 5.47. The van der Waals surface area contributed by atoms with Gasteiger partial charge in [-0.25, -0.2) is 12.8 Å². The molecule has 7 nitrogen and oxygen atoms in total. The van der Waals surface area contributed by atoms with Crippen LogP contribution >= 0.6 is 0 Å². The summed E-state index contributed by atoms with van der Waals surface area (Å²) in [5.41, 5.74) is 0.0150. The summed E-state index contributed by atoms with van der Waals surface area (Å²) in [5, 5.41) is 8.30. The molecule has 1 aromatic carbocycles. The van der Waals surface area contributed by atoms with Gasteiger partial charge in [0.15, 0.2) is 0 Å². The van der Waals surface area contributed by atoms with Crippen molar-refractivity contribution in [3.63, 3.8) is 0 Å². The smallest absolute Gasteiger partial charge is 0.265 e. The van der Waals surface area contributed by atoms with Crippen molar-refractivity contribution in [2.24, 2.45) is 0 Å². The number of nitrogens with zero attached hydrogens (tertiary/aromatic N) is 1. The van der Waals surface area contributed by atoms with Gasteiger partial charge < -0.3 is 5.32 Å². The van der Waals surface area contributed by atoms with E-state index in [9.17, 15) is 17.6 Å². The molecule has 0 spiro atoms. The minimum absolute atomic E-state index is 0.123. The predicted molar refractivity (Wildman–Crippen MR) is 70.1 cm³/mol. The number of halogens is 1. The highest BCUT2D eigenvalue weighted by atomic mass is 32.2. The van der Waals surface area contributed by atoms with Gasteiger partial charge in [0.25, 0.3) is 10.0 Å². The molecule has 1 aromatic heterocycles. The molecule has 2 aromatic rings. The van der Waals surface area contributed by atoms with E-state index in [4.69, 9.17) is 0 Å². The highest BCUT2D eigenvalue weighted by molar-refractivity contribution is 7.92. The van der Waals surface area contributed by atoms with Crippen molar-refractivity contribution >= 4 is 27.3 Å². The molecule has 0 bridgehead atoms. The van der Waals surface area contributed by atoms with Crippen molar-refractivity contribution in [1.82, 2.24) is 10.2 Å². The van der Waals surface area contributed by atoms with Gasteiger partial charge in [0.2, 0.25) is 5.91 Å². The molecule has 20 heavy (non-hydrogen) atoms. The number of H-pyrrole nitrogens is 1. The van der Waals surface area contributed by atoms with Crippen molar-refractivity contribution in [1.29, 1.82) is 0 Å². The van der Waals surface area contributed by atoms with Gasteiger partial charge in [-0.05, 0) is 18.2 Å². The van der Waals surface area contributed by atoms with Gasteiger partial charge in [-0.15, -0.1) is 0 Å². The number of carbonyl (C=O) groups excluding carboxylic acids is 1. The normalized spacial score (nSPS) is 11.1. The summed E-state index contributed by atoms with van der Waals surface area (Å²) in [6.07, 6.45) is 2.26. The van der Waals surface area contributed by atoms with Gasteiger partial charge in [-0.2, -0.15) is 5.10 Å². The fourth-order valence-electron chi connectivity index (χ4n) is 1.47. The van der Waals surface area contributed by atoms with Crippen molar-refractivity contribution in [3.8, 4) is 0 Å². The standard InChI is InChI=1S/C11H11FN4O3S/c1-7(17)15-8-2-3-10(12)11(4-8)16-20(18,19)9-5-13-14-6-9/h2-6,16H,1H3,(H,13,14)(H,15,17). The summed E-state index contributed by atoms with van der Waals surface area (Å²) in [6, 6.07) is 3.57. The molecule has 0 aliphatic rings. The summed E-state index contributed by atoms with van der Waals surface area (Å²) in [4.78, 5) is 10.8. The number of carbonyl (C=O) groups is 1. The van der Waals surface area contributed by atoms with Crippen LogP contribution in [0.4, 0.5) is 15.8 Å². The Morgan fingerprint density at radius 2 is 2.15 bits per heavy atom. The van der Waals surface area contributed by atoms with Gasteiger partial charge in [-0.1, -0.05) is 0 Å². The Morgan fingerprint density at radius 1 is 1.40 bits per heavy atom. The molecule has 0 radical (unpaired) electrons. The van der Waals surface area contributed by atoms with Crippen LogP contribution in [0.3, 0.4) is 0 Å². The molecule has 0 saturated heterocycles. The minimum Gasteiger partial charge on any atom is -0.326 e. The molecular weight excluding hydrogens is 287 g/mol. The van der Waals surface area contributed by atoms with Crippen LogP contribution in [0.25, 0.3) is 0 Å². The molecule has 3 N–H and O–H groups in total. The summed E-state index contributed by atoms with van der Waals surface area (Å²) in [6.45, 7) is 1.29. The average molecular weight is 298 g/mol. The number of hydrogen-bond donors (Lipinski definition) is 3. The maximum Gasteiger partial charge on any atom is 0.265 e. The zero-order valence-electron chi connectivity index (χ0n) is 10.3. The largest absolute Gasteiger partial charge is 0.326 e. The lowest BCUT2D eigenvalue weighted by Crippen LogP contribution is -2.14. The van der Waals surface area contributed by atoms with Gasteiger partial charge in [-0.3, -0.25) is 14.6 Å². The highest BCUT2D eigenvalue weighted by Crippen LogP contribution is 2.22. The van der Waals surface area contributed by atoms with Crippen LogP contribution in [0.15, 0.2) is 35.5 Å². The minimum atomic E-state index is -3.93. The fraction of sp³-hybridized carbons (Fsp3) is 0.0909. The Hall–Kier alpha value is -2.42. The van der Waals surface area contributed by atoms with Crippen LogP contribution < -0.4 is 10.0 Å². The number of hydrogen-bond acceptors (Lipinski definition) is 4. The molecule has 9 heteroatoms. The van der Waals surface area contributed by atoms with Gasteiger partial charge in [0, 0.05) is 18.8 Å². The Labute approximate surface area is 114 Å². The molecular formula is C11H11FN4O3S. The third kappa shape index (κ3) is 3.12. The molecule has 1 amide bonds. The van der Waals surface area contributed by atoms with Crippen LogP contribution in [0, 0.1) is 5.82 Å². The molecule has 106 valence electrons. The van der Waals surface area contributed by atoms with E-state index in [1.165, 1.54) is 19.1 Å². The maximum absolute atomic E-state index is 13.6. The van der Waals surface area contributed by atoms with Crippen molar-refractivity contribution in [3.05, 3.63) is 36.4 Å². The zero-order chi connectivity index (χ0) is 14.8. The van der Waals surface area contributed by atoms with Gasteiger partial charge >= 0.3 is 0 Å². The third-order valence-corrected chi connectivity index (χ3v) is 3.65. The first-order valence-corrected chi connectivity index (χ1v) is 6.95. The maximum atomic E-state index is 13.6. The van der Waals surface area contributed by atoms with E-state index in [1.54, 1.807) is 0 Å². The van der Waals surface area contributed by atoms with E-state index in [2.05, 4.69) is 20.2 Å². The van der Waals surface area contributed by atoms with Crippen LogP contribution in [0.2, 0.25) is 0 Å². The molecule has 0 saturated carbocycles. The van der Waals surface area contributed by atoms with Crippen LogP contribution in [-0.4, -0.2) is 24.5 Å². The molecule has 0 aliphatic carbocycles. The lowest BCUT2D eigenvalue weighted by Gasteiger charge is -2.09. The topological polar surface area (TPSA) is 104 Å². The molecule has 1 heterocycles. The van der Waals surface area contributed by atoms with E-state index in [0.717, 1.165) is 18.5 Å². The van der Waals surface area contributed by atoms with Crippen molar-refractivity contribution in [2.75, 3.05) is 10.0 Å². The molecule has 0 fully saturated rings.